The van der Waals surface area contributed by atoms with Gasteiger partial charge in [-0.15, -0.1) is 17.9 Å². The molecule has 0 radical (unpaired) electrons. The molecule has 158 valence electrons. The molecular formula is C24H19N5OS2. The molecule has 2 aromatic heterocycles. The molecule has 0 atom stereocenters. The standard InChI is InChI=1S/C24H19N5OS2/c1-2-14-29-21(27-28-24(29)31)15-20-16-32-23(25-20)26-22(30)19-12-10-18(11-13-19)9-8-17-6-4-3-5-7-17/h2-7,10-13,16H,1,14-15H2,(H,28,31)(H,25,26,30). The molecule has 4 rings (SSSR count). The minimum absolute atomic E-state index is 0.220. The number of benzene rings is 2. The van der Waals surface area contributed by atoms with Crippen LogP contribution in [-0.2, 0) is 13.0 Å². The lowest BCUT2D eigenvalue weighted by molar-refractivity contribution is 0.102. The van der Waals surface area contributed by atoms with E-state index in [1.807, 2.05) is 52.4 Å². The minimum atomic E-state index is -0.220. The smallest absolute Gasteiger partial charge is 0.257 e. The fourth-order valence-corrected chi connectivity index (χ4v) is 3.88. The summed E-state index contributed by atoms with van der Waals surface area (Å²) in [7, 11) is 0. The zero-order valence-corrected chi connectivity index (χ0v) is 18.7. The molecule has 32 heavy (non-hydrogen) atoms. The Morgan fingerprint density at radius 3 is 2.59 bits per heavy atom. The van der Waals surface area contributed by atoms with Crippen molar-refractivity contribution in [2.24, 2.45) is 0 Å². The Balaban J connectivity index is 1.39. The van der Waals surface area contributed by atoms with Crippen LogP contribution in [0.15, 0.2) is 72.6 Å². The van der Waals surface area contributed by atoms with Crippen LogP contribution in [0.1, 0.15) is 33.0 Å². The monoisotopic (exact) mass is 457 g/mol. The summed E-state index contributed by atoms with van der Waals surface area (Å²) in [6.07, 6.45) is 2.27. The maximum absolute atomic E-state index is 12.6. The van der Waals surface area contributed by atoms with Gasteiger partial charge >= 0.3 is 0 Å². The van der Waals surface area contributed by atoms with E-state index in [-0.39, 0.29) is 5.91 Å². The number of allylic oxidation sites excluding steroid dienone is 1. The van der Waals surface area contributed by atoms with Crippen molar-refractivity contribution in [2.75, 3.05) is 5.32 Å². The molecule has 1 amide bonds. The van der Waals surface area contributed by atoms with Crippen LogP contribution in [0.4, 0.5) is 5.13 Å². The van der Waals surface area contributed by atoms with Crippen molar-refractivity contribution in [3.63, 3.8) is 0 Å². The quantitative estimate of drug-likeness (QED) is 0.247. The zero-order chi connectivity index (χ0) is 22.3. The van der Waals surface area contributed by atoms with Gasteiger partial charge in [-0.05, 0) is 48.6 Å². The van der Waals surface area contributed by atoms with E-state index in [0.29, 0.717) is 28.4 Å². The fourth-order valence-electron chi connectivity index (χ4n) is 2.95. The third-order valence-electron chi connectivity index (χ3n) is 4.53. The summed E-state index contributed by atoms with van der Waals surface area (Å²) in [5, 5.41) is 12.3. The molecule has 2 N–H and O–H groups in total. The van der Waals surface area contributed by atoms with Crippen LogP contribution in [0.5, 0.6) is 0 Å². The lowest BCUT2D eigenvalue weighted by Crippen LogP contribution is -2.11. The number of hydrogen-bond acceptors (Lipinski definition) is 5. The van der Waals surface area contributed by atoms with Crippen LogP contribution in [0.25, 0.3) is 0 Å². The van der Waals surface area contributed by atoms with Crippen molar-refractivity contribution in [3.05, 3.63) is 106 Å². The van der Waals surface area contributed by atoms with E-state index in [9.17, 15) is 4.79 Å². The normalized spacial score (nSPS) is 10.2. The van der Waals surface area contributed by atoms with Crippen LogP contribution in [0.2, 0.25) is 0 Å². The summed E-state index contributed by atoms with van der Waals surface area (Å²) in [6.45, 7) is 4.32. The van der Waals surface area contributed by atoms with Gasteiger partial charge in [0.2, 0.25) is 0 Å². The van der Waals surface area contributed by atoms with Gasteiger partial charge in [-0.25, -0.2) is 4.98 Å². The summed E-state index contributed by atoms with van der Waals surface area (Å²) in [5.41, 5.74) is 3.13. The molecule has 0 unspecified atom stereocenters. The molecule has 8 heteroatoms. The number of rotatable bonds is 6. The van der Waals surface area contributed by atoms with Gasteiger partial charge in [0.1, 0.15) is 5.82 Å². The molecule has 2 heterocycles. The number of nitrogens with one attached hydrogen (secondary N) is 2. The van der Waals surface area contributed by atoms with Gasteiger partial charge in [0.05, 0.1) is 12.1 Å². The van der Waals surface area contributed by atoms with E-state index in [1.165, 1.54) is 11.3 Å². The van der Waals surface area contributed by atoms with E-state index < -0.39 is 0 Å². The average Bonchev–Trinajstić information content (AvgIpc) is 3.40. The molecule has 0 aliphatic carbocycles. The Bertz CT molecular complexity index is 1360. The first-order valence-corrected chi connectivity index (χ1v) is 11.1. The first-order chi connectivity index (χ1) is 15.6. The van der Waals surface area contributed by atoms with Gasteiger partial charge in [0, 0.05) is 28.6 Å². The maximum Gasteiger partial charge on any atom is 0.257 e. The van der Waals surface area contributed by atoms with Crippen molar-refractivity contribution < 1.29 is 4.79 Å². The van der Waals surface area contributed by atoms with Crippen LogP contribution in [0.3, 0.4) is 0 Å². The van der Waals surface area contributed by atoms with E-state index >= 15 is 0 Å². The van der Waals surface area contributed by atoms with Gasteiger partial charge in [0.25, 0.3) is 5.91 Å². The van der Waals surface area contributed by atoms with Gasteiger partial charge in [-0.2, -0.15) is 5.10 Å². The lowest BCUT2D eigenvalue weighted by Gasteiger charge is -2.02. The molecule has 0 aliphatic heterocycles. The SMILES string of the molecule is C=CCn1c(Cc2csc(NC(=O)c3ccc(C#Cc4ccccc4)cc3)n2)n[nH]c1=S. The molecule has 0 saturated carbocycles. The summed E-state index contributed by atoms with van der Waals surface area (Å²) in [5.74, 6) is 6.76. The summed E-state index contributed by atoms with van der Waals surface area (Å²) in [6, 6.07) is 16.9. The number of nitrogens with zero attached hydrogens (tertiary/aromatic N) is 3. The van der Waals surface area contributed by atoms with Crippen LogP contribution in [-0.4, -0.2) is 25.7 Å². The minimum Gasteiger partial charge on any atom is -0.300 e. The Labute approximate surface area is 194 Å². The molecule has 0 aliphatic rings. The molecule has 0 bridgehead atoms. The second kappa shape index (κ2) is 10.0. The van der Waals surface area contributed by atoms with Gasteiger partial charge in [0.15, 0.2) is 9.90 Å². The first kappa shape index (κ1) is 21.4. The molecule has 4 aromatic rings. The number of amides is 1. The van der Waals surface area contributed by atoms with Crippen LogP contribution >= 0.6 is 23.6 Å². The second-order valence-electron chi connectivity index (χ2n) is 6.81. The number of aromatic amines is 1. The van der Waals surface area contributed by atoms with Crippen LogP contribution in [0, 0.1) is 16.6 Å². The molecule has 2 aromatic carbocycles. The second-order valence-corrected chi connectivity index (χ2v) is 8.06. The highest BCUT2D eigenvalue weighted by atomic mass is 32.1. The highest BCUT2D eigenvalue weighted by molar-refractivity contribution is 7.71. The summed E-state index contributed by atoms with van der Waals surface area (Å²) < 4.78 is 2.41. The lowest BCUT2D eigenvalue weighted by atomic mass is 10.1. The summed E-state index contributed by atoms with van der Waals surface area (Å²) >= 11 is 6.60. The van der Waals surface area contributed by atoms with E-state index in [2.05, 4.69) is 38.9 Å². The highest BCUT2D eigenvalue weighted by Crippen LogP contribution is 2.19. The van der Waals surface area contributed by atoms with E-state index in [4.69, 9.17) is 12.2 Å². The number of carbonyl (C=O) groups is 1. The molecule has 0 fully saturated rings. The third kappa shape index (κ3) is 5.27. The van der Waals surface area contributed by atoms with Crippen molar-refractivity contribution >= 4 is 34.6 Å². The number of H-pyrrole nitrogens is 1. The number of anilines is 1. The predicted octanol–water partition coefficient (Wildman–Crippen LogP) is 4.83. The van der Waals surface area contributed by atoms with Crippen LogP contribution < -0.4 is 5.32 Å². The van der Waals surface area contributed by atoms with Gasteiger partial charge < -0.3 is 0 Å². The van der Waals surface area contributed by atoms with Gasteiger partial charge in [-0.1, -0.05) is 36.1 Å². The largest absolute Gasteiger partial charge is 0.300 e. The van der Waals surface area contributed by atoms with E-state index in [0.717, 1.165) is 22.6 Å². The van der Waals surface area contributed by atoms with Crippen molar-refractivity contribution in [1.29, 1.82) is 0 Å². The fraction of sp³-hybridized carbons (Fsp3) is 0.0833. The average molecular weight is 458 g/mol. The molecular weight excluding hydrogens is 438 g/mol. The van der Waals surface area contributed by atoms with Crippen molar-refractivity contribution in [3.8, 4) is 11.8 Å². The van der Waals surface area contributed by atoms with Crippen molar-refractivity contribution in [2.45, 2.75) is 13.0 Å². The first-order valence-electron chi connectivity index (χ1n) is 9.80. The van der Waals surface area contributed by atoms with Gasteiger partial charge in [-0.3, -0.25) is 19.8 Å². The number of aromatic nitrogens is 4. The molecule has 0 saturated heterocycles. The third-order valence-corrected chi connectivity index (χ3v) is 5.65. The van der Waals surface area contributed by atoms with E-state index in [1.54, 1.807) is 18.2 Å². The zero-order valence-electron chi connectivity index (χ0n) is 17.0. The number of hydrogen-bond donors (Lipinski definition) is 2. The topological polar surface area (TPSA) is 75.6 Å². The maximum atomic E-state index is 12.6. The Kier molecular flexibility index (Phi) is 6.70. The van der Waals surface area contributed by atoms with Crippen molar-refractivity contribution in [1.82, 2.24) is 19.7 Å². The summed E-state index contributed by atoms with van der Waals surface area (Å²) in [4.78, 5) is 17.1. The molecule has 6 nitrogen and oxygen atoms in total. The number of thiazole rings is 1. The highest BCUT2D eigenvalue weighted by Gasteiger charge is 2.12. The predicted molar refractivity (Wildman–Crippen MR) is 129 cm³/mol. The Hall–Kier alpha value is -3.80. The molecule has 0 spiro atoms. The Morgan fingerprint density at radius 1 is 1.16 bits per heavy atom. The Morgan fingerprint density at radius 2 is 1.88 bits per heavy atom. The number of carbonyl (C=O) groups excluding carboxylic acids is 1.